The van der Waals surface area contributed by atoms with E-state index >= 15 is 0 Å². The first-order valence-corrected chi connectivity index (χ1v) is 11.5. The summed E-state index contributed by atoms with van der Waals surface area (Å²) >= 11 is 0. The molecule has 1 amide bonds. The predicted molar refractivity (Wildman–Crippen MR) is 132 cm³/mol. The van der Waals surface area contributed by atoms with E-state index < -0.39 is 17.7 Å². The number of rotatable bonds is 7. The van der Waals surface area contributed by atoms with Gasteiger partial charge in [-0.1, -0.05) is 24.8 Å². The number of carbonyl (C=O) groups is 2. The summed E-state index contributed by atoms with van der Waals surface area (Å²) < 4.78 is 16.9. The second-order valence-corrected chi connectivity index (χ2v) is 8.31. The Labute approximate surface area is 208 Å². The minimum Gasteiger partial charge on any atom is -0.507 e. The Morgan fingerprint density at radius 3 is 2.64 bits per heavy atom. The van der Waals surface area contributed by atoms with Crippen molar-refractivity contribution in [2.75, 3.05) is 19.8 Å². The van der Waals surface area contributed by atoms with Gasteiger partial charge in [-0.2, -0.15) is 0 Å². The van der Waals surface area contributed by atoms with E-state index in [1.54, 1.807) is 73.1 Å². The van der Waals surface area contributed by atoms with Gasteiger partial charge in [-0.15, -0.1) is 0 Å². The molecule has 1 N–H and O–H groups in total. The Morgan fingerprint density at radius 2 is 1.86 bits per heavy atom. The van der Waals surface area contributed by atoms with Crippen LogP contribution in [0.25, 0.3) is 5.76 Å². The van der Waals surface area contributed by atoms with Crippen LogP contribution in [0.2, 0.25) is 0 Å². The van der Waals surface area contributed by atoms with Crippen molar-refractivity contribution in [1.29, 1.82) is 0 Å². The van der Waals surface area contributed by atoms with Crippen molar-refractivity contribution < 1.29 is 28.9 Å². The molecule has 2 aliphatic heterocycles. The lowest BCUT2D eigenvalue weighted by Gasteiger charge is -2.26. The zero-order chi connectivity index (χ0) is 25.1. The normalized spacial score (nSPS) is 18.2. The molecule has 182 valence electrons. The van der Waals surface area contributed by atoms with E-state index in [1.165, 1.54) is 4.90 Å². The summed E-state index contributed by atoms with van der Waals surface area (Å²) in [5.74, 6) is -0.175. The van der Waals surface area contributed by atoms with E-state index in [2.05, 4.69) is 11.6 Å². The van der Waals surface area contributed by atoms with Gasteiger partial charge in [0, 0.05) is 24.5 Å². The van der Waals surface area contributed by atoms with Crippen LogP contribution in [0, 0.1) is 0 Å². The number of fused-ring (bicyclic) bond motifs is 1. The SMILES string of the molecule is C=CCOc1cccc([C@H]2/C(=C(\O)c3ccc4c(c3)OCCO4)C(=O)C(=O)N2Cc2ccncc2)c1. The number of amides is 1. The molecule has 1 fully saturated rings. The quantitative estimate of drug-likeness (QED) is 0.234. The van der Waals surface area contributed by atoms with E-state index in [0.29, 0.717) is 48.2 Å². The minimum atomic E-state index is -0.835. The van der Waals surface area contributed by atoms with Gasteiger partial charge in [0.05, 0.1) is 11.6 Å². The molecule has 0 aliphatic carbocycles. The van der Waals surface area contributed by atoms with Gasteiger partial charge < -0.3 is 24.2 Å². The molecule has 8 heteroatoms. The third-order valence-corrected chi connectivity index (χ3v) is 6.00. The van der Waals surface area contributed by atoms with Gasteiger partial charge in [-0.3, -0.25) is 14.6 Å². The molecule has 5 rings (SSSR count). The van der Waals surface area contributed by atoms with Crippen LogP contribution in [0.4, 0.5) is 0 Å². The summed E-state index contributed by atoms with van der Waals surface area (Å²) in [7, 11) is 0. The molecule has 36 heavy (non-hydrogen) atoms. The van der Waals surface area contributed by atoms with Crippen LogP contribution < -0.4 is 14.2 Å². The highest BCUT2D eigenvalue weighted by Crippen LogP contribution is 2.42. The van der Waals surface area contributed by atoms with Gasteiger partial charge in [0.2, 0.25) is 0 Å². The van der Waals surface area contributed by atoms with E-state index in [9.17, 15) is 14.7 Å². The molecule has 0 radical (unpaired) electrons. The van der Waals surface area contributed by atoms with Crippen LogP contribution in [-0.2, 0) is 16.1 Å². The molecule has 2 aliphatic rings. The zero-order valence-electron chi connectivity index (χ0n) is 19.4. The first-order chi connectivity index (χ1) is 17.6. The van der Waals surface area contributed by atoms with E-state index in [0.717, 1.165) is 5.56 Å². The van der Waals surface area contributed by atoms with Crippen molar-refractivity contribution in [2.24, 2.45) is 0 Å². The number of Topliss-reactive ketones (excluding diaryl/α,β-unsaturated/α-hetero) is 1. The Morgan fingerprint density at radius 1 is 1.08 bits per heavy atom. The number of aliphatic hydroxyl groups excluding tert-OH is 1. The van der Waals surface area contributed by atoms with Crippen molar-refractivity contribution in [3.05, 3.63) is 102 Å². The number of pyridine rings is 1. The molecule has 1 aromatic heterocycles. The first-order valence-electron chi connectivity index (χ1n) is 11.5. The fraction of sp³-hybridized carbons (Fsp3) is 0.179. The molecule has 0 saturated carbocycles. The predicted octanol–water partition coefficient (Wildman–Crippen LogP) is 4.04. The van der Waals surface area contributed by atoms with Crippen molar-refractivity contribution in [1.82, 2.24) is 9.88 Å². The summed E-state index contributed by atoms with van der Waals surface area (Å²) in [4.78, 5) is 32.1. The number of aliphatic hydroxyl groups is 1. The van der Waals surface area contributed by atoms with E-state index in [4.69, 9.17) is 14.2 Å². The van der Waals surface area contributed by atoms with Crippen LogP contribution in [0.5, 0.6) is 17.2 Å². The second-order valence-electron chi connectivity index (χ2n) is 8.31. The van der Waals surface area contributed by atoms with Gasteiger partial charge in [0.25, 0.3) is 11.7 Å². The number of hydrogen-bond acceptors (Lipinski definition) is 7. The molecule has 3 heterocycles. The molecule has 3 aromatic rings. The Bertz CT molecular complexity index is 1350. The fourth-order valence-corrected chi connectivity index (χ4v) is 4.35. The van der Waals surface area contributed by atoms with Crippen molar-refractivity contribution in [2.45, 2.75) is 12.6 Å². The lowest BCUT2D eigenvalue weighted by atomic mass is 9.95. The highest BCUT2D eigenvalue weighted by molar-refractivity contribution is 6.46. The average molecular weight is 485 g/mol. The lowest BCUT2D eigenvalue weighted by molar-refractivity contribution is -0.140. The number of hydrogen-bond donors (Lipinski definition) is 1. The van der Waals surface area contributed by atoms with E-state index in [1.807, 2.05) is 0 Å². The highest BCUT2D eigenvalue weighted by atomic mass is 16.6. The molecule has 2 aromatic carbocycles. The van der Waals surface area contributed by atoms with Crippen LogP contribution in [0.1, 0.15) is 22.7 Å². The van der Waals surface area contributed by atoms with Crippen LogP contribution in [0.15, 0.2) is 85.2 Å². The monoisotopic (exact) mass is 484 g/mol. The van der Waals surface area contributed by atoms with Gasteiger partial charge in [0.15, 0.2) is 11.5 Å². The topological polar surface area (TPSA) is 98.2 Å². The summed E-state index contributed by atoms with van der Waals surface area (Å²) in [5.41, 5.74) is 1.77. The molecule has 0 bridgehead atoms. The molecular formula is C28H24N2O6. The van der Waals surface area contributed by atoms with Crippen molar-refractivity contribution >= 4 is 17.4 Å². The summed E-state index contributed by atoms with van der Waals surface area (Å²) in [6.45, 7) is 4.94. The summed E-state index contributed by atoms with van der Waals surface area (Å²) in [6, 6.07) is 14.8. The molecule has 0 unspecified atom stereocenters. The lowest BCUT2D eigenvalue weighted by Crippen LogP contribution is -2.29. The third kappa shape index (κ3) is 4.40. The number of carbonyl (C=O) groups excluding carboxylic acids is 2. The summed E-state index contributed by atoms with van der Waals surface area (Å²) in [5, 5.41) is 11.4. The van der Waals surface area contributed by atoms with E-state index in [-0.39, 0.29) is 17.9 Å². The van der Waals surface area contributed by atoms with Gasteiger partial charge in [-0.25, -0.2) is 0 Å². The van der Waals surface area contributed by atoms with Crippen molar-refractivity contribution in [3.8, 4) is 17.2 Å². The molecule has 0 spiro atoms. The highest BCUT2D eigenvalue weighted by Gasteiger charge is 2.46. The molecular weight excluding hydrogens is 460 g/mol. The number of ketones is 1. The van der Waals surface area contributed by atoms with Gasteiger partial charge in [-0.05, 0) is 53.6 Å². The van der Waals surface area contributed by atoms with Crippen LogP contribution in [0.3, 0.4) is 0 Å². The maximum Gasteiger partial charge on any atom is 0.295 e. The van der Waals surface area contributed by atoms with Gasteiger partial charge >= 0.3 is 0 Å². The Balaban J connectivity index is 1.62. The number of nitrogens with zero attached hydrogens (tertiary/aromatic N) is 2. The Kier molecular flexibility index (Phi) is 6.40. The molecule has 8 nitrogen and oxygen atoms in total. The summed E-state index contributed by atoms with van der Waals surface area (Å²) in [6.07, 6.45) is 4.88. The smallest absolute Gasteiger partial charge is 0.295 e. The number of likely N-dealkylation sites (tertiary alicyclic amines) is 1. The fourth-order valence-electron chi connectivity index (χ4n) is 4.35. The van der Waals surface area contributed by atoms with Crippen molar-refractivity contribution in [3.63, 3.8) is 0 Å². The zero-order valence-corrected chi connectivity index (χ0v) is 19.4. The second kappa shape index (κ2) is 9.95. The first kappa shape index (κ1) is 23.2. The third-order valence-electron chi connectivity index (χ3n) is 6.00. The van der Waals surface area contributed by atoms with Gasteiger partial charge in [0.1, 0.15) is 31.3 Å². The Hall–Kier alpha value is -4.59. The number of benzene rings is 2. The van der Waals surface area contributed by atoms with Crippen LogP contribution >= 0.6 is 0 Å². The largest absolute Gasteiger partial charge is 0.507 e. The molecule has 1 atom stereocenters. The molecule has 1 saturated heterocycles. The average Bonchev–Trinajstić information content (AvgIpc) is 3.17. The maximum absolute atomic E-state index is 13.3. The number of aromatic nitrogens is 1. The standard InChI is InChI=1S/C28H24N2O6/c1-2-12-34-21-5-3-4-19(15-21)25-24(26(31)20-6-7-22-23(16-20)36-14-13-35-22)27(32)28(33)30(25)17-18-8-10-29-11-9-18/h2-11,15-16,25,31H,1,12-14,17H2/b26-24+/t25-/m0/s1. The maximum atomic E-state index is 13.3. The minimum absolute atomic E-state index is 0.00777. The van der Waals surface area contributed by atoms with Crippen LogP contribution in [-0.4, -0.2) is 46.5 Å². The number of ether oxygens (including phenoxy) is 3.